The molecule has 2 aromatic carbocycles. The number of piperidine rings is 1. The fourth-order valence-corrected chi connectivity index (χ4v) is 4.91. The van der Waals surface area contributed by atoms with Gasteiger partial charge in [0.15, 0.2) is 0 Å². The lowest BCUT2D eigenvalue weighted by atomic mass is 9.88. The van der Waals surface area contributed by atoms with Crippen molar-refractivity contribution in [3.05, 3.63) is 64.7 Å². The van der Waals surface area contributed by atoms with E-state index < -0.39 is 11.7 Å². The summed E-state index contributed by atoms with van der Waals surface area (Å²) in [5.74, 6) is -0.358. The van der Waals surface area contributed by atoms with Crippen LogP contribution >= 0.6 is 11.6 Å². The fourth-order valence-electron chi connectivity index (χ4n) is 4.79. The van der Waals surface area contributed by atoms with Crippen LogP contribution in [0.15, 0.2) is 48.5 Å². The van der Waals surface area contributed by atoms with Crippen molar-refractivity contribution in [2.45, 2.75) is 37.8 Å². The Labute approximate surface area is 208 Å². The molecule has 0 atom stereocenters. The van der Waals surface area contributed by atoms with Gasteiger partial charge in [0.25, 0.3) is 0 Å². The first-order chi connectivity index (χ1) is 16.7. The molecule has 2 amide bonds. The van der Waals surface area contributed by atoms with E-state index in [0.717, 1.165) is 44.1 Å². The summed E-state index contributed by atoms with van der Waals surface area (Å²) in [5.41, 5.74) is 0.928. The molecule has 2 aromatic rings. The number of unbranched alkanes of at least 4 members (excludes halogenated alkanes) is 1. The Balaban J connectivity index is 1.18. The lowest BCUT2D eigenvalue weighted by Gasteiger charge is -2.36. The molecule has 0 unspecified atom stereocenters. The van der Waals surface area contributed by atoms with E-state index in [1.165, 1.54) is 17.0 Å². The quantitative estimate of drug-likeness (QED) is 0.382. The van der Waals surface area contributed by atoms with Gasteiger partial charge in [0.1, 0.15) is 0 Å². The Kier molecular flexibility index (Phi) is 8.02. The van der Waals surface area contributed by atoms with Crippen molar-refractivity contribution in [2.24, 2.45) is 0 Å². The van der Waals surface area contributed by atoms with Crippen LogP contribution in [0.2, 0.25) is 5.02 Å². The average Bonchev–Trinajstić information content (AvgIpc) is 2.83. The van der Waals surface area contributed by atoms with E-state index in [2.05, 4.69) is 4.90 Å². The van der Waals surface area contributed by atoms with Gasteiger partial charge in [-0.15, -0.1) is 0 Å². The molecule has 2 aliphatic rings. The lowest BCUT2D eigenvalue weighted by Crippen LogP contribution is -2.47. The lowest BCUT2D eigenvalue weighted by molar-refractivity contribution is -0.148. The number of halogens is 4. The molecular weight excluding hydrogens is 479 g/mol. The van der Waals surface area contributed by atoms with Crippen molar-refractivity contribution >= 4 is 29.1 Å². The summed E-state index contributed by atoms with van der Waals surface area (Å²) in [6.07, 6.45) is -2.11. The molecule has 0 saturated carbocycles. The zero-order valence-corrected chi connectivity index (χ0v) is 20.2. The monoisotopic (exact) mass is 507 g/mol. The van der Waals surface area contributed by atoms with Crippen molar-refractivity contribution in [3.63, 3.8) is 0 Å². The van der Waals surface area contributed by atoms with Crippen LogP contribution in [0, 0.1) is 0 Å². The van der Waals surface area contributed by atoms with Gasteiger partial charge in [0.05, 0.1) is 5.56 Å². The standard InChI is InChI=1S/C26H29ClF3N3O2/c27-22-8-6-19(7-9-22)20-16-24(34)33(25(35)17-20)11-2-1-10-31-12-14-32(15-13-31)23-5-3-4-21(18-23)26(28,29)30/h3-9,18,20H,1-2,10-17H2. The Bertz CT molecular complexity index is 1020. The molecule has 188 valence electrons. The molecule has 0 aliphatic carbocycles. The topological polar surface area (TPSA) is 43.9 Å². The van der Waals surface area contributed by atoms with E-state index in [0.29, 0.717) is 43.2 Å². The Morgan fingerprint density at radius 1 is 0.857 bits per heavy atom. The molecule has 2 aliphatic heterocycles. The Hall–Kier alpha value is -2.58. The number of carbonyl (C=O) groups is 2. The second-order valence-electron chi connectivity index (χ2n) is 9.18. The number of alkyl halides is 3. The molecular formula is C26H29ClF3N3O2. The number of nitrogens with zero attached hydrogens (tertiary/aromatic N) is 3. The van der Waals surface area contributed by atoms with E-state index in [1.807, 2.05) is 17.0 Å². The highest BCUT2D eigenvalue weighted by molar-refractivity contribution is 6.30. The molecule has 0 bridgehead atoms. The normalized spacial score (nSPS) is 18.4. The van der Waals surface area contributed by atoms with Crippen molar-refractivity contribution in [1.82, 2.24) is 9.80 Å². The van der Waals surface area contributed by atoms with Crippen LogP contribution in [0.25, 0.3) is 0 Å². The van der Waals surface area contributed by atoms with Gasteiger partial charge in [-0.05, 0) is 55.3 Å². The molecule has 4 rings (SSSR count). The zero-order chi connectivity index (χ0) is 25.0. The molecule has 35 heavy (non-hydrogen) atoms. The number of carbonyl (C=O) groups excluding carboxylic acids is 2. The SMILES string of the molecule is O=C1CC(c2ccc(Cl)cc2)CC(=O)N1CCCCN1CCN(c2cccc(C(F)(F)F)c2)CC1. The highest BCUT2D eigenvalue weighted by atomic mass is 35.5. The molecule has 2 saturated heterocycles. The van der Waals surface area contributed by atoms with Crippen molar-refractivity contribution in [2.75, 3.05) is 44.2 Å². The van der Waals surface area contributed by atoms with Crippen LogP contribution in [0.3, 0.4) is 0 Å². The number of hydrogen-bond acceptors (Lipinski definition) is 4. The van der Waals surface area contributed by atoms with Gasteiger partial charge < -0.3 is 4.90 Å². The number of hydrogen-bond donors (Lipinski definition) is 0. The third-order valence-corrected chi connectivity index (χ3v) is 7.05. The first-order valence-corrected chi connectivity index (χ1v) is 12.3. The van der Waals surface area contributed by atoms with Crippen LogP contribution in [-0.2, 0) is 15.8 Å². The molecule has 0 radical (unpaired) electrons. The maximum atomic E-state index is 13.0. The van der Waals surface area contributed by atoms with Gasteiger partial charge in [-0.25, -0.2) is 0 Å². The zero-order valence-electron chi connectivity index (χ0n) is 19.4. The molecule has 0 aromatic heterocycles. The van der Waals surface area contributed by atoms with Crippen LogP contribution in [-0.4, -0.2) is 60.9 Å². The third-order valence-electron chi connectivity index (χ3n) is 6.80. The predicted octanol–water partition coefficient (Wildman–Crippen LogP) is 5.19. The molecule has 2 heterocycles. The minimum Gasteiger partial charge on any atom is -0.369 e. The van der Waals surface area contributed by atoms with E-state index >= 15 is 0 Å². The summed E-state index contributed by atoms with van der Waals surface area (Å²) >= 11 is 5.93. The molecule has 9 heteroatoms. The maximum absolute atomic E-state index is 13.0. The minimum atomic E-state index is -4.34. The minimum absolute atomic E-state index is 0.100. The molecule has 0 spiro atoms. The van der Waals surface area contributed by atoms with Crippen LogP contribution in [0.1, 0.15) is 42.7 Å². The summed E-state index contributed by atoms with van der Waals surface area (Å²) in [5, 5.41) is 0.626. The van der Waals surface area contributed by atoms with Gasteiger partial charge in [-0.2, -0.15) is 13.2 Å². The van der Waals surface area contributed by atoms with Crippen molar-refractivity contribution in [1.29, 1.82) is 0 Å². The number of benzene rings is 2. The van der Waals surface area contributed by atoms with Crippen molar-refractivity contribution < 1.29 is 22.8 Å². The summed E-state index contributed by atoms with van der Waals surface area (Å²) in [4.78, 5) is 30.8. The van der Waals surface area contributed by atoms with E-state index in [4.69, 9.17) is 11.6 Å². The van der Waals surface area contributed by atoms with Crippen molar-refractivity contribution in [3.8, 4) is 0 Å². The fraction of sp³-hybridized carbons (Fsp3) is 0.462. The number of piperazine rings is 1. The number of likely N-dealkylation sites (tertiary alicyclic amines) is 1. The van der Waals surface area contributed by atoms with E-state index in [-0.39, 0.29) is 17.7 Å². The largest absolute Gasteiger partial charge is 0.416 e. The van der Waals surface area contributed by atoms with Crippen LogP contribution in [0.5, 0.6) is 0 Å². The average molecular weight is 508 g/mol. The Morgan fingerprint density at radius 2 is 1.49 bits per heavy atom. The first-order valence-electron chi connectivity index (χ1n) is 11.9. The molecule has 2 fully saturated rings. The van der Waals surface area contributed by atoms with Crippen LogP contribution in [0.4, 0.5) is 18.9 Å². The van der Waals surface area contributed by atoms with E-state index in [1.54, 1.807) is 18.2 Å². The maximum Gasteiger partial charge on any atom is 0.416 e. The summed E-state index contributed by atoms with van der Waals surface area (Å²) in [7, 11) is 0. The summed E-state index contributed by atoms with van der Waals surface area (Å²) < 4.78 is 39.0. The molecule has 0 N–H and O–H groups in total. The third kappa shape index (κ3) is 6.55. The van der Waals surface area contributed by atoms with Gasteiger partial charge in [-0.1, -0.05) is 29.8 Å². The number of rotatable bonds is 7. The summed E-state index contributed by atoms with van der Waals surface area (Å²) in [6, 6.07) is 12.8. The van der Waals surface area contributed by atoms with E-state index in [9.17, 15) is 22.8 Å². The number of anilines is 1. The second-order valence-corrected chi connectivity index (χ2v) is 9.62. The first kappa shape index (κ1) is 25.5. The van der Waals surface area contributed by atoms with Crippen LogP contribution < -0.4 is 4.90 Å². The highest BCUT2D eigenvalue weighted by Gasteiger charge is 2.33. The highest BCUT2D eigenvalue weighted by Crippen LogP contribution is 2.32. The predicted molar refractivity (Wildman–Crippen MR) is 129 cm³/mol. The number of imide groups is 1. The van der Waals surface area contributed by atoms with Gasteiger partial charge >= 0.3 is 6.18 Å². The van der Waals surface area contributed by atoms with Gasteiger partial charge in [0, 0.05) is 62.2 Å². The molecule has 5 nitrogen and oxygen atoms in total. The number of amides is 2. The second kappa shape index (κ2) is 11.0. The smallest absolute Gasteiger partial charge is 0.369 e. The van der Waals surface area contributed by atoms with Gasteiger partial charge in [0.2, 0.25) is 11.8 Å². The Morgan fingerprint density at radius 3 is 2.11 bits per heavy atom. The van der Waals surface area contributed by atoms with Gasteiger partial charge in [-0.3, -0.25) is 19.4 Å². The summed E-state index contributed by atoms with van der Waals surface area (Å²) in [6.45, 7) is 4.11.